The number of ether oxygens (including phenoxy) is 4. The molecule has 1 N–H and O–H groups in total. The SMILES string of the molecule is CCOc1ccc(CCCNC(=O)c2cc(OC)c(OC)c(OC)c2)cc1. The summed E-state index contributed by atoms with van der Waals surface area (Å²) in [5.41, 5.74) is 1.67. The van der Waals surface area contributed by atoms with Crippen molar-refractivity contribution >= 4 is 5.91 Å². The van der Waals surface area contributed by atoms with Crippen molar-refractivity contribution in [3.05, 3.63) is 47.5 Å². The molecule has 2 aromatic carbocycles. The van der Waals surface area contributed by atoms with Crippen LogP contribution in [0.5, 0.6) is 23.0 Å². The van der Waals surface area contributed by atoms with Gasteiger partial charge < -0.3 is 24.3 Å². The molecular weight excluding hydrogens is 346 g/mol. The summed E-state index contributed by atoms with van der Waals surface area (Å²) < 4.78 is 21.3. The molecule has 0 heterocycles. The molecule has 1 amide bonds. The molecule has 6 nitrogen and oxygen atoms in total. The number of carbonyl (C=O) groups excluding carboxylic acids is 1. The zero-order valence-electron chi connectivity index (χ0n) is 16.3. The van der Waals surface area contributed by atoms with Crippen LogP contribution in [0.3, 0.4) is 0 Å². The summed E-state index contributed by atoms with van der Waals surface area (Å²) >= 11 is 0. The first-order valence-electron chi connectivity index (χ1n) is 8.92. The van der Waals surface area contributed by atoms with E-state index in [0.29, 0.717) is 36.0 Å². The summed E-state index contributed by atoms with van der Waals surface area (Å²) in [6.07, 6.45) is 1.71. The van der Waals surface area contributed by atoms with Crippen LogP contribution in [0, 0.1) is 0 Å². The molecule has 146 valence electrons. The van der Waals surface area contributed by atoms with Crippen molar-refractivity contribution in [3.8, 4) is 23.0 Å². The Morgan fingerprint density at radius 3 is 2.11 bits per heavy atom. The molecule has 0 atom stereocenters. The second-order valence-electron chi connectivity index (χ2n) is 5.85. The molecule has 27 heavy (non-hydrogen) atoms. The first kappa shape index (κ1) is 20.4. The predicted molar refractivity (Wildman–Crippen MR) is 104 cm³/mol. The Hall–Kier alpha value is -2.89. The third-order valence-corrected chi connectivity index (χ3v) is 4.09. The minimum absolute atomic E-state index is 0.180. The van der Waals surface area contributed by atoms with Crippen molar-refractivity contribution in [1.29, 1.82) is 0 Å². The Bertz CT molecular complexity index is 718. The normalized spacial score (nSPS) is 10.2. The van der Waals surface area contributed by atoms with E-state index in [1.807, 2.05) is 31.2 Å². The van der Waals surface area contributed by atoms with Gasteiger partial charge in [0.1, 0.15) is 5.75 Å². The van der Waals surface area contributed by atoms with Gasteiger partial charge in [-0.1, -0.05) is 12.1 Å². The number of rotatable bonds is 10. The molecule has 0 fully saturated rings. The molecular formula is C21H27NO5. The predicted octanol–water partition coefficient (Wildman–Crippen LogP) is 3.47. The van der Waals surface area contributed by atoms with E-state index >= 15 is 0 Å². The maximum absolute atomic E-state index is 12.4. The number of hydrogen-bond donors (Lipinski definition) is 1. The second kappa shape index (κ2) is 10.3. The van der Waals surface area contributed by atoms with Gasteiger partial charge in [-0.05, 0) is 49.6 Å². The third kappa shape index (κ3) is 5.54. The zero-order valence-corrected chi connectivity index (χ0v) is 16.3. The van der Waals surface area contributed by atoms with Gasteiger partial charge >= 0.3 is 0 Å². The maximum atomic E-state index is 12.4. The van der Waals surface area contributed by atoms with Gasteiger partial charge in [-0.25, -0.2) is 0 Å². The van der Waals surface area contributed by atoms with E-state index in [4.69, 9.17) is 18.9 Å². The Morgan fingerprint density at radius 1 is 0.963 bits per heavy atom. The first-order chi connectivity index (χ1) is 13.1. The number of aryl methyl sites for hydroxylation is 1. The highest BCUT2D eigenvalue weighted by molar-refractivity contribution is 5.95. The van der Waals surface area contributed by atoms with Gasteiger partial charge in [-0.15, -0.1) is 0 Å². The van der Waals surface area contributed by atoms with Gasteiger partial charge in [-0.2, -0.15) is 0 Å². The van der Waals surface area contributed by atoms with Gasteiger partial charge in [0.15, 0.2) is 11.5 Å². The van der Waals surface area contributed by atoms with E-state index in [9.17, 15) is 4.79 Å². The summed E-state index contributed by atoms with van der Waals surface area (Å²) in [4.78, 5) is 12.4. The molecule has 0 saturated carbocycles. The molecule has 0 radical (unpaired) electrons. The molecule has 0 unspecified atom stereocenters. The summed E-state index contributed by atoms with van der Waals surface area (Å²) in [5.74, 6) is 2.07. The Morgan fingerprint density at radius 2 is 1.59 bits per heavy atom. The second-order valence-corrected chi connectivity index (χ2v) is 5.85. The molecule has 6 heteroatoms. The lowest BCUT2D eigenvalue weighted by Crippen LogP contribution is -2.24. The van der Waals surface area contributed by atoms with Crippen molar-refractivity contribution in [2.45, 2.75) is 19.8 Å². The molecule has 0 aliphatic rings. The lowest BCUT2D eigenvalue weighted by molar-refractivity contribution is 0.0952. The van der Waals surface area contributed by atoms with Crippen LogP contribution in [0.2, 0.25) is 0 Å². The number of hydrogen-bond acceptors (Lipinski definition) is 5. The Balaban J connectivity index is 1.90. The van der Waals surface area contributed by atoms with E-state index in [0.717, 1.165) is 18.6 Å². The van der Waals surface area contributed by atoms with Crippen LogP contribution < -0.4 is 24.3 Å². The van der Waals surface area contributed by atoms with E-state index < -0.39 is 0 Å². The largest absolute Gasteiger partial charge is 0.494 e. The molecule has 0 saturated heterocycles. The lowest BCUT2D eigenvalue weighted by atomic mass is 10.1. The van der Waals surface area contributed by atoms with Gasteiger partial charge in [0.2, 0.25) is 5.75 Å². The van der Waals surface area contributed by atoms with Crippen molar-refractivity contribution in [1.82, 2.24) is 5.32 Å². The highest BCUT2D eigenvalue weighted by Gasteiger charge is 2.16. The fraction of sp³-hybridized carbons (Fsp3) is 0.381. The van der Waals surface area contributed by atoms with Gasteiger partial charge in [0, 0.05) is 12.1 Å². The minimum Gasteiger partial charge on any atom is -0.494 e. The van der Waals surface area contributed by atoms with Crippen LogP contribution >= 0.6 is 0 Å². The van der Waals surface area contributed by atoms with Gasteiger partial charge in [-0.3, -0.25) is 4.79 Å². The molecule has 2 rings (SSSR count). The number of nitrogens with one attached hydrogen (secondary N) is 1. The van der Waals surface area contributed by atoms with Crippen LogP contribution in [0.1, 0.15) is 29.3 Å². The maximum Gasteiger partial charge on any atom is 0.251 e. The standard InChI is InChI=1S/C21H27NO5/c1-5-27-17-10-8-15(9-11-17)7-6-12-22-21(23)16-13-18(24-2)20(26-4)19(14-16)25-3/h8-11,13-14H,5-7,12H2,1-4H3,(H,22,23). The lowest BCUT2D eigenvalue weighted by Gasteiger charge is -2.14. The fourth-order valence-corrected chi connectivity index (χ4v) is 2.73. The van der Waals surface area contributed by atoms with E-state index in [1.54, 1.807) is 12.1 Å². The zero-order chi connectivity index (χ0) is 19.6. The van der Waals surface area contributed by atoms with E-state index in [1.165, 1.54) is 26.9 Å². The molecule has 0 aliphatic carbocycles. The van der Waals surface area contributed by atoms with Crippen LogP contribution in [0.4, 0.5) is 0 Å². The monoisotopic (exact) mass is 373 g/mol. The summed E-state index contributed by atoms with van der Waals surface area (Å²) in [6, 6.07) is 11.3. The molecule has 0 spiro atoms. The van der Waals surface area contributed by atoms with E-state index in [-0.39, 0.29) is 5.91 Å². The first-order valence-corrected chi connectivity index (χ1v) is 8.92. The fourth-order valence-electron chi connectivity index (χ4n) is 2.73. The third-order valence-electron chi connectivity index (χ3n) is 4.09. The smallest absolute Gasteiger partial charge is 0.251 e. The van der Waals surface area contributed by atoms with Crippen LogP contribution in [0.25, 0.3) is 0 Å². The van der Waals surface area contributed by atoms with Crippen molar-refractivity contribution in [2.24, 2.45) is 0 Å². The number of benzene rings is 2. The molecule has 0 bridgehead atoms. The average molecular weight is 373 g/mol. The van der Waals surface area contributed by atoms with Crippen LogP contribution in [0.15, 0.2) is 36.4 Å². The van der Waals surface area contributed by atoms with Crippen LogP contribution in [-0.2, 0) is 6.42 Å². The van der Waals surface area contributed by atoms with Crippen LogP contribution in [-0.4, -0.2) is 40.4 Å². The van der Waals surface area contributed by atoms with E-state index in [2.05, 4.69) is 5.32 Å². The van der Waals surface area contributed by atoms with Gasteiger partial charge in [0.25, 0.3) is 5.91 Å². The minimum atomic E-state index is -0.180. The molecule has 2 aromatic rings. The molecule has 0 aliphatic heterocycles. The Labute approximate surface area is 160 Å². The molecule has 0 aromatic heterocycles. The summed E-state index contributed by atoms with van der Waals surface area (Å²) in [7, 11) is 4.58. The number of carbonyl (C=O) groups is 1. The quantitative estimate of drug-likeness (QED) is 0.646. The number of methoxy groups -OCH3 is 3. The van der Waals surface area contributed by atoms with Gasteiger partial charge in [0.05, 0.1) is 27.9 Å². The number of amides is 1. The highest BCUT2D eigenvalue weighted by atomic mass is 16.5. The average Bonchev–Trinajstić information content (AvgIpc) is 2.71. The van der Waals surface area contributed by atoms with Crippen molar-refractivity contribution < 1.29 is 23.7 Å². The van der Waals surface area contributed by atoms with Crippen molar-refractivity contribution in [2.75, 3.05) is 34.5 Å². The Kier molecular flexibility index (Phi) is 7.79. The van der Waals surface area contributed by atoms with Crippen molar-refractivity contribution in [3.63, 3.8) is 0 Å². The summed E-state index contributed by atoms with van der Waals surface area (Å²) in [6.45, 7) is 3.19. The topological polar surface area (TPSA) is 66.0 Å². The summed E-state index contributed by atoms with van der Waals surface area (Å²) in [5, 5.41) is 2.93. The highest BCUT2D eigenvalue weighted by Crippen LogP contribution is 2.38.